The maximum Gasteiger partial charge on any atom is 0.350 e. The van der Waals surface area contributed by atoms with Gasteiger partial charge in [-0.2, -0.15) is 4.98 Å². The molecule has 3 aliphatic heterocycles. The molecular weight excluding hydrogens is 901 g/mol. The third-order valence-corrected chi connectivity index (χ3v) is 11.2. The molecule has 1 saturated heterocycles. The van der Waals surface area contributed by atoms with E-state index in [-0.39, 0.29) is 67.0 Å². The highest BCUT2D eigenvalue weighted by Gasteiger charge is 2.56. The van der Waals surface area contributed by atoms with E-state index in [9.17, 15) is 63.3 Å². The number of amidine groups is 1. The number of aromatic amines is 1. The van der Waals surface area contributed by atoms with Gasteiger partial charge in [0.05, 0.1) is 18.6 Å². The summed E-state index contributed by atoms with van der Waals surface area (Å²) < 4.78 is 0. The lowest BCUT2D eigenvalue weighted by molar-refractivity contribution is -0.157. The van der Waals surface area contributed by atoms with Crippen LogP contribution in [0.1, 0.15) is 46.4 Å². The first-order chi connectivity index (χ1) is 32.4. The van der Waals surface area contributed by atoms with E-state index < -0.39 is 103 Å². The highest BCUT2D eigenvalue weighted by Crippen LogP contribution is 2.30. The predicted octanol–water partition coefficient (Wildman–Crippen LogP) is -2.96. The van der Waals surface area contributed by atoms with Gasteiger partial charge in [0.2, 0.25) is 24.4 Å². The fourth-order valence-corrected chi connectivity index (χ4v) is 7.79. The van der Waals surface area contributed by atoms with Crippen LogP contribution in [0, 0.1) is 0 Å². The molecule has 0 aliphatic carbocycles. The van der Waals surface area contributed by atoms with Crippen LogP contribution in [0.2, 0.25) is 0 Å². The van der Waals surface area contributed by atoms with E-state index in [2.05, 4.69) is 46.9 Å². The van der Waals surface area contributed by atoms with Crippen molar-refractivity contribution < 1.29 is 63.6 Å². The number of carbonyl (C=O) groups is 9. The molecule has 6 atom stereocenters. The first-order valence-electron chi connectivity index (χ1n) is 20.6. The van der Waals surface area contributed by atoms with Crippen LogP contribution in [0.25, 0.3) is 0 Å². The summed E-state index contributed by atoms with van der Waals surface area (Å²) in [6.07, 6.45) is -3.37. The lowest BCUT2D eigenvalue weighted by Gasteiger charge is -2.52. The number of hydrogen-bond acceptors (Lipinski definition) is 18. The topological polar surface area (TPSA) is 427 Å². The number of nitrogens with one attached hydrogen (secondary N) is 7. The van der Waals surface area contributed by atoms with Crippen molar-refractivity contribution in [2.75, 3.05) is 52.8 Å². The Hall–Kier alpha value is -8.82. The summed E-state index contributed by atoms with van der Waals surface area (Å²) in [5.74, 6) is -8.90. The number of aliphatic carboxylic acids is 4. The lowest BCUT2D eigenvalue weighted by atomic mass is 9.95. The summed E-state index contributed by atoms with van der Waals surface area (Å²) in [6, 6.07) is 6.72. The number of nitrogen functional groups attached to an aromatic ring is 1. The smallest absolute Gasteiger partial charge is 0.350 e. The van der Waals surface area contributed by atoms with Crippen LogP contribution in [-0.4, -0.2) is 163 Å². The van der Waals surface area contributed by atoms with Gasteiger partial charge >= 0.3 is 23.9 Å². The van der Waals surface area contributed by atoms with Crippen molar-refractivity contribution in [2.45, 2.75) is 61.8 Å². The van der Waals surface area contributed by atoms with E-state index in [4.69, 9.17) is 16.6 Å². The second-order valence-electron chi connectivity index (χ2n) is 15.6. The number of aliphatic imine (C=N–C) groups is 1. The molecule has 1 aromatic heterocycles. The summed E-state index contributed by atoms with van der Waals surface area (Å²) in [6.45, 7) is -0.0195. The van der Waals surface area contributed by atoms with Crippen molar-refractivity contribution in [1.29, 1.82) is 0 Å². The number of amides is 5. The molecule has 1 fully saturated rings. The Morgan fingerprint density at radius 3 is 2.01 bits per heavy atom. The highest BCUT2D eigenvalue weighted by molar-refractivity contribution is 6.12. The number of H-pyrrole nitrogens is 1. The van der Waals surface area contributed by atoms with E-state index in [1.807, 2.05) is 0 Å². The minimum absolute atomic E-state index is 0.0301. The minimum Gasteiger partial charge on any atom is -0.481 e. The monoisotopic (exact) mass is 946 g/mol. The average Bonchev–Trinajstić information content (AvgIpc) is 3.29. The molecule has 4 heterocycles. The average molecular weight is 947 g/mol. The molecule has 28 heteroatoms. The van der Waals surface area contributed by atoms with Crippen LogP contribution in [0.15, 0.2) is 58.3 Å². The van der Waals surface area contributed by atoms with Crippen LogP contribution >= 0.6 is 0 Å². The Labute approximate surface area is 383 Å². The van der Waals surface area contributed by atoms with Crippen molar-refractivity contribution in [3.8, 4) is 0 Å². The number of rotatable bonds is 21. The fourth-order valence-electron chi connectivity index (χ4n) is 7.79. The minimum atomic E-state index is -2.69. The molecule has 3 aromatic rings. The van der Waals surface area contributed by atoms with E-state index in [1.54, 1.807) is 0 Å². The molecule has 0 radical (unpaired) electrons. The number of hydrogen-bond donors (Lipinski definition) is 13. The summed E-state index contributed by atoms with van der Waals surface area (Å²) in [5.41, 5.74) is 9.41. The van der Waals surface area contributed by atoms with Gasteiger partial charge in [-0.1, -0.05) is 0 Å². The lowest BCUT2D eigenvalue weighted by Crippen LogP contribution is -2.81. The molecule has 6 rings (SSSR count). The third kappa shape index (κ3) is 10.5. The Morgan fingerprint density at radius 2 is 1.46 bits per heavy atom. The molecule has 68 heavy (non-hydrogen) atoms. The van der Waals surface area contributed by atoms with Crippen molar-refractivity contribution in [3.63, 3.8) is 0 Å². The number of aromatic nitrogens is 2. The largest absolute Gasteiger partial charge is 0.481 e. The molecule has 6 unspecified atom stereocenters. The summed E-state index contributed by atoms with van der Waals surface area (Å²) >= 11 is 0. The second kappa shape index (κ2) is 20.6. The quantitative estimate of drug-likeness (QED) is 0.0474. The Balaban J connectivity index is 1.17. The summed E-state index contributed by atoms with van der Waals surface area (Å²) in [4.78, 5) is 139. The molecular formula is C40H46N14O14. The van der Waals surface area contributed by atoms with Crippen molar-refractivity contribution >= 4 is 89.1 Å². The van der Waals surface area contributed by atoms with Crippen LogP contribution < -0.4 is 53.8 Å². The highest BCUT2D eigenvalue weighted by atomic mass is 16.4. The van der Waals surface area contributed by atoms with Gasteiger partial charge < -0.3 is 67.9 Å². The zero-order valence-electron chi connectivity index (χ0n) is 35.6. The van der Waals surface area contributed by atoms with Gasteiger partial charge in [-0.05, 0) is 55.0 Å². The number of benzene rings is 2. The second-order valence-corrected chi connectivity index (χ2v) is 15.6. The molecule has 3 aliphatic rings. The Bertz CT molecular complexity index is 2570. The zero-order valence-corrected chi connectivity index (χ0v) is 35.6. The van der Waals surface area contributed by atoms with Crippen molar-refractivity contribution in [3.05, 3.63) is 70.0 Å². The van der Waals surface area contributed by atoms with Crippen LogP contribution in [-0.2, 0) is 33.6 Å². The van der Waals surface area contributed by atoms with E-state index in [1.165, 1.54) is 53.4 Å². The van der Waals surface area contributed by atoms with Gasteiger partial charge in [0.1, 0.15) is 11.9 Å². The van der Waals surface area contributed by atoms with Crippen molar-refractivity contribution in [2.24, 2.45) is 10.7 Å². The van der Waals surface area contributed by atoms with Crippen LogP contribution in [0.5, 0.6) is 0 Å². The Kier molecular flexibility index (Phi) is 14.7. The number of anilines is 5. The predicted molar refractivity (Wildman–Crippen MR) is 236 cm³/mol. The number of carboxylic acid groups (broad SMARTS) is 4. The maximum absolute atomic E-state index is 13.9. The first-order valence-corrected chi connectivity index (χ1v) is 20.6. The summed E-state index contributed by atoms with van der Waals surface area (Å²) in [5, 5.41) is 55.0. The molecule has 0 bridgehead atoms. The maximum atomic E-state index is 13.9. The third-order valence-electron chi connectivity index (χ3n) is 11.2. The Morgan fingerprint density at radius 1 is 0.853 bits per heavy atom. The molecule has 360 valence electrons. The number of carbonyl (C=O) groups excluding carboxylic acids is 5. The normalized spacial score (nSPS) is 19.8. The van der Waals surface area contributed by atoms with E-state index in [0.29, 0.717) is 24.2 Å². The van der Waals surface area contributed by atoms with Gasteiger partial charge in [0, 0.05) is 61.4 Å². The van der Waals surface area contributed by atoms with Crippen LogP contribution in [0.4, 0.5) is 28.8 Å². The number of nitrogens with zero attached hydrogens (tertiary/aromatic N) is 5. The molecule has 5 amide bonds. The first kappa shape index (κ1) is 48.6. The summed E-state index contributed by atoms with van der Waals surface area (Å²) in [7, 11) is 0. The number of fused-ring (bicyclic) bond motifs is 2. The van der Waals surface area contributed by atoms with Gasteiger partial charge in [-0.3, -0.25) is 59.0 Å². The fraction of sp³-hybridized carbons (Fsp3) is 0.350. The van der Waals surface area contributed by atoms with Crippen molar-refractivity contribution in [1.82, 2.24) is 35.7 Å². The SMILES string of the molecule is Nc1nc2c(c(=O)[nH]1)N(C=O)C(CNc1ccc(C(=O)NC(CCC(=O)O)(C(=O)O)N3C4=NCC(CNc5ccc(C(=O)NC(CCC(=O)O)C(=O)O)cc5)N(C=O)C4C(=O)NC3N)cc1)CN2. The standard InChI is InChI=1S/C40H46N14O14/c41-38-48-30-28(34(63)49-38)52(17-55)23(15-45-30)13-43-22-7-3-20(4-8-22)33(62)51-40(37(67)68,12-11-27(59)60)54-31-29(35(64)50-39(54)42)53(18-56)24(16-46-31)14-44-21-5-1-19(2-6-21)32(61)47-25(36(65)66)9-10-26(57)58/h1-8,17-18,23-25,29,39,43-44H,9-16,42H2,(H,47,61)(H,50,64)(H,51,62)(H,57,58)(H,59,60)(H,65,66)(H,67,68)(H4,41,45,48,49,63). The molecule has 15 N–H and O–H groups in total. The van der Waals surface area contributed by atoms with Gasteiger partial charge in [-0.25, -0.2) is 9.59 Å². The molecule has 28 nitrogen and oxygen atoms in total. The van der Waals surface area contributed by atoms with E-state index in [0.717, 1.165) is 9.80 Å². The van der Waals surface area contributed by atoms with Crippen LogP contribution in [0.3, 0.4) is 0 Å². The van der Waals surface area contributed by atoms with Gasteiger partial charge in [0.15, 0.2) is 23.8 Å². The number of nitrogens with two attached hydrogens (primary N) is 2. The van der Waals surface area contributed by atoms with E-state index >= 15 is 0 Å². The van der Waals surface area contributed by atoms with Gasteiger partial charge in [-0.15, -0.1) is 0 Å². The zero-order chi connectivity index (χ0) is 49.4. The molecule has 0 spiro atoms. The molecule has 2 aromatic carbocycles. The molecule has 0 saturated carbocycles. The van der Waals surface area contributed by atoms with Gasteiger partial charge in [0.25, 0.3) is 23.3 Å². The number of carboxylic acids is 4.